The lowest BCUT2D eigenvalue weighted by atomic mass is 9.79. The average Bonchev–Trinajstić information content (AvgIpc) is 2.62. The maximum absolute atomic E-state index is 12.1. The zero-order valence-corrected chi connectivity index (χ0v) is 16.4. The molecule has 1 heterocycles. The van der Waals surface area contributed by atoms with Crippen molar-refractivity contribution in [2.24, 2.45) is 5.10 Å². The Bertz CT molecular complexity index is 856. The number of phenols is 1. The quantitative estimate of drug-likeness (QED) is 0.628. The van der Waals surface area contributed by atoms with Gasteiger partial charge in [-0.3, -0.25) is 4.79 Å². The van der Waals surface area contributed by atoms with E-state index in [9.17, 15) is 9.90 Å². The van der Waals surface area contributed by atoms with Gasteiger partial charge in [-0.05, 0) is 80.6 Å². The first-order valence-corrected chi connectivity index (χ1v) is 9.36. The molecule has 2 aromatic carbocycles. The van der Waals surface area contributed by atoms with E-state index in [0.29, 0.717) is 11.5 Å². The van der Waals surface area contributed by atoms with E-state index in [4.69, 9.17) is 0 Å². The highest BCUT2D eigenvalue weighted by atomic mass is 16.3. The Balaban J connectivity index is 1.75. The van der Waals surface area contributed by atoms with Crippen molar-refractivity contribution in [3.05, 3.63) is 59.2 Å². The van der Waals surface area contributed by atoms with Crippen LogP contribution in [0.5, 0.6) is 5.75 Å². The van der Waals surface area contributed by atoms with Crippen LogP contribution in [-0.4, -0.2) is 29.3 Å². The van der Waals surface area contributed by atoms with Crippen molar-refractivity contribution in [3.63, 3.8) is 0 Å². The molecule has 0 aromatic heterocycles. The minimum absolute atomic E-state index is 0.127. The van der Waals surface area contributed by atoms with Crippen LogP contribution in [0.15, 0.2) is 47.6 Å². The van der Waals surface area contributed by atoms with Crippen molar-refractivity contribution in [3.8, 4) is 5.75 Å². The summed E-state index contributed by atoms with van der Waals surface area (Å²) in [6.45, 7) is 10.0. The number of hydrogen-bond donors (Lipinski definition) is 2. The summed E-state index contributed by atoms with van der Waals surface area (Å²) >= 11 is 0. The van der Waals surface area contributed by atoms with Gasteiger partial charge in [-0.1, -0.05) is 13.0 Å². The highest BCUT2D eigenvalue weighted by molar-refractivity contribution is 5.95. The number of rotatable bonds is 4. The fraction of sp³-hybridized carbons (Fsp3) is 0.364. The Hall–Kier alpha value is -2.82. The predicted molar refractivity (Wildman–Crippen MR) is 110 cm³/mol. The summed E-state index contributed by atoms with van der Waals surface area (Å²) in [7, 11) is 0. The summed E-state index contributed by atoms with van der Waals surface area (Å²) in [5.41, 5.74) is 6.69. The zero-order chi connectivity index (χ0) is 19.6. The summed E-state index contributed by atoms with van der Waals surface area (Å²) in [4.78, 5) is 14.5. The van der Waals surface area contributed by atoms with Gasteiger partial charge in [0.15, 0.2) is 0 Å². The van der Waals surface area contributed by atoms with E-state index in [2.05, 4.69) is 55.3 Å². The summed E-state index contributed by atoms with van der Waals surface area (Å²) in [6, 6.07) is 12.4. The molecule has 1 aliphatic heterocycles. The van der Waals surface area contributed by atoms with Gasteiger partial charge >= 0.3 is 0 Å². The molecule has 1 aliphatic rings. The average molecular weight is 365 g/mol. The van der Waals surface area contributed by atoms with Gasteiger partial charge < -0.3 is 10.0 Å². The highest BCUT2D eigenvalue weighted by Crippen LogP contribution is 2.43. The van der Waals surface area contributed by atoms with E-state index in [1.54, 1.807) is 18.3 Å². The Kier molecular flexibility index (Phi) is 5.22. The van der Waals surface area contributed by atoms with Gasteiger partial charge in [0.25, 0.3) is 5.91 Å². The van der Waals surface area contributed by atoms with Crippen LogP contribution in [0, 0.1) is 0 Å². The van der Waals surface area contributed by atoms with E-state index in [-0.39, 0.29) is 17.2 Å². The number of fused-ring (bicyclic) bond motifs is 1. The lowest BCUT2D eigenvalue weighted by molar-refractivity contribution is 0.0955. The number of carbonyl (C=O) groups excluding carboxylic acids is 1. The molecule has 0 spiro atoms. The van der Waals surface area contributed by atoms with E-state index in [1.165, 1.54) is 23.4 Å². The van der Waals surface area contributed by atoms with Crippen LogP contribution in [0.25, 0.3) is 0 Å². The molecule has 1 atom stereocenters. The first kappa shape index (κ1) is 19.0. The van der Waals surface area contributed by atoms with Crippen molar-refractivity contribution in [2.75, 3.05) is 11.4 Å². The SMILES string of the molecule is CCN1c2ccc(/C=N/NC(=O)c3ccc(O)cc3)cc2C(C)CC1(C)C. The third-order valence-electron chi connectivity index (χ3n) is 5.24. The smallest absolute Gasteiger partial charge is 0.271 e. The van der Waals surface area contributed by atoms with Gasteiger partial charge in [-0.2, -0.15) is 5.10 Å². The number of anilines is 1. The molecule has 1 unspecified atom stereocenters. The van der Waals surface area contributed by atoms with Gasteiger partial charge in [0.1, 0.15) is 5.75 Å². The number of aromatic hydroxyl groups is 1. The van der Waals surface area contributed by atoms with Gasteiger partial charge in [0.05, 0.1) is 6.21 Å². The van der Waals surface area contributed by atoms with Crippen LogP contribution >= 0.6 is 0 Å². The third kappa shape index (κ3) is 3.97. The molecule has 3 rings (SSSR count). The Morgan fingerprint density at radius 1 is 1.30 bits per heavy atom. The number of phenolic OH excluding ortho intramolecular Hbond substituents is 1. The monoisotopic (exact) mass is 365 g/mol. The second-order valence-corrected chi connectivity index (χ2v) is 7.73. The van der Waals surface area contributed by atoms with E-state index >= 15 is 0 Å². The van der Waals surface area contributed by atoms with Crippen LogP contribution in [0.2, 0.25) is 0 Å². The second-order valence-electron chi connectivity index (χ2n) is 7.73. The molecule has 0 saturated carbocycles. The molecule has 142 valence electrons. The molecule has 5 nitrogen and oxygen atoms in total. The van der Waals surface area contributed by atoms with E-state index in [1.807, 2.05) is 6.07 Å². The maximum atomic E-state index is 12.1. The van der Waals surface area contributed by atoms with Gasteiger partial charge in [0, 0.05) is 23.3 Å². The largest absolute Gasteiger partial charge is 0.508 e. The van der Waals surface area contributed by atoms with Crippen molar-refractivity contribution in [2.45, 2.75) is 45.6 Å². The molecule has 0 fully saturated rings. The van der Waals surface area contributed by atoms with Gasteiger partial charge in [-0.25, -0.2) is 5.43 Å². The molecular formula is C22H27N3O2. The van der Waals surface area contributed by atoms with Gasteiger partial charge in [-0.15, -0.1) is 0 Å². The van der Waals surface area contributed by atoms with Crippen molar-refractivity contribution >= 4 is 17.8 Å². The summed E-state index contributed by atoms with van der Waals surface area (Å²) in [6.07, 6.45) is 2.77. The first-order valence-electron chi connectivity index (χ1n) is 9.36. The molecule has 2 aromatic rings. The molecular weight excluding hydrogens is 338 g/mol. The molecule has 0 bridgehead atoms. The minimum atomic E-state index is -0.309. The molecule has 1 amide bonds. The number of benzene rings is 2. The van der Waals surface area contributed by atoms with Crippen LogP contribution in [0.1, 0.15) is 61.5 Å². The summed E-state index contributed by atoms with van der Waals surface area (Å²) in [5, 5.41) is 13.4. The number of hydrogen-bond acceptors (Lipinski definition) is 4. The summed E-state index contributed by atoms with van der Waals surface area (Å²) in [5.74, 6) is 0.289. The Morgan fingerprint density at radius 3 is 2.67 bits per heavy atom. The number of nitrogens with zero attached hydrogens (tertiary/aromatic N) is 2. The van der Waals surface area contributed by atoms with Crippen molar-refractivity contribution in [1.82, 2.24) is 5.43 Å². The number of carbonyl (C=O) groups is 1. The van der Waals surface area contributed by atoms with Crippen LogP contribution < -0.4 is 10.3 Å². The van der Waals surface area contributed by atoms with Gasteiger partial charge in [0.2, 0.25) is 0 Å². The number of nitrogens with one attached hydrogen (secondary N) is 1. The fourth-order valence-corrected chi connectivity index (χ4v) is 4.03. The lowest BCUT2D eigenvalue weighted by Gasteiger charge is -2.47. The topological polar surface area (TPSA) is 64.9 Å². The number of amides is 1. The lowest BCUT2D eigenvalue weighted by Crippen LogP contribution is -2.48. The van der Waals surface area contributed by atoms with E-state index in [0.717, 1.165) is 18.5 Å². The van der Waals surface area contributed by atoms with Crippen molar-refractivity contribution in [1.29, 1.82) is 0 Å². The highest BCUT2D eigenvalue weighted by Gasteiger charge is 2.35. The molecule has 2 N–H and O–H groups in total. The molecule has 27 heavy (non-hydrogen) atoms. The first-order chi connectivity index (χ1) is 12.8. The Morgan fingerprint density at radius 2 is 2.00 bits per heavy atom. The second kappa shape index (κ2) is 7.43. The fourth-order valence-electron chi connectivity index (χ4n) is 4.03. The normalized spacial score (nSPS) is 18.4. The Labute approximate surface area is 160 Å². The number of hydrazone groups is 1. The third-order valence-corrected chi connectivity index (χ3v) is 5.24. The van der Waals surface area contributed by atoms with Crippen LogP contribution in [0.3, 0.4) is 0 Å². The van der Waals surface area contributed by atoms with E-state index < -0.39 is 0 Å². The zero-order valence-electron chi connectivity index (χ0n) is 16.4. The minimum Gasteiger partial charge on any atom is -0.508 e. The maximum Gasteiger partial charge on any atom is 0.271 e. The predicted octanol–water partition coefficient (Wildman–Crippen LogP) is 4.27. The molecule has 5 heteroatoms. The summed E-state index contributed by atoms with van der Waals surface area (Å²) < 4.78 is 0. The molecule has 0 radical (unpaired) electrons. The molecule has 0 aliphatic carbocycles. The van der Waals surface area contributed by atoms with Crippen LogP contribution in [0.4, 0.5) is 5.69 Å². The van der Waals surface area contributed by atoms with Crippen molar-refractivity contribution < 1.29 is 9.90 Å². The van der Waals surface area contributed by atoms with Crippen LogP contribution in [-0.2, 0) is 0 Å². The standard InChI is InChI=1S/C22H27N3O2/c1-5-25-20-11-6-16(12-19(20)15(2)13-22(25,3)4)14-23-24-21(27)17-7-9-18(26)10-8-17/h6-12,14-15,26H,5,13H2,1-4H3,(H,24,27)/b23-14+. The molecule has 0 saturated heterocycles.